The molecule has 7 nitrogen and oxygen atoms in total. The van der Waals surface area contributed by atoms with E-state index < -0.39 is 27.3 Å². The molecule has 0 radical (unpaired) electrons. The van der Waals surface area contributed by atoms with Crippen molar-refractivity contribution in [3.05, 3.63) is 78.4 Å². The first-order chi connectivity index (χ1) is 15.0. The van der Waals surface area contributed by atoms with E-state index in [1.165, 1.54) is 19.4 Å². The number of fused-ring (bicyclic) bond motifs is 1. The second-order valence-corrected chi connectivity index (χ2v) is 9.07. The highest BCUT2D eigenvalue weighted by atomic mass is 127. The number of nitrogens with zero attached hydrogens (tertiary/aromatic N) is 3. The summed E-state index contributed by atoms with van der Waals surface area (Å²) in [5.41, 5.74) is 1.78. The molecule has 0 fully saturated rings. The van der Waals surface area contributed by atoms with Gasteiger partial charge >= 0.3 is 6.29 Å². The van der Waals surface area contributed by atoms with Crippen molar-refractivity contribution in [3.63, 3.8) is 0 Å². The summed E-state index contributed by atoms with van der Waals surface area (Å²) < 4.78 is 45.8. The van der Waals surface area contributed by atoms with E-state index in [1.54, 1.807) is 32.2 Å². The lowest BCUT2D eigenvalue weighted by molar-refractivity contribution is -0.286. The fourth-order valence-corrected chi connectivity index (χ4v) is 5.90. The number of ether oxygens (including phenoxy) is 3. The summed E-state index contributed by atoms with van der Waals surface area (Å²) in [5.74, 6) is -0.319. The van der Waals surface area contributed by atoms with Crippen molar-refractivity contribution in [2.45, 2.75) is 6.29 Å². The van der Waals surface area contributed by atoms with Gasteiger partial charge in [-0.15, -0.1) is 8.78 Å². The highest BCUT2D eigenvalue weighted by Gasteiger charge is 2.45. The van der Waals surface area contributed by atoms with Crippen molar-refractivity contribution >= 4 is 36.0 Å². The van der Waals surface area contributed by atoms with Gasteiger partial charge in [0, 0.05) is 21.0 Å². The number of ketones is 1. The highest BCUT2D eigenvalue weighted by Crippen LogP contribution is 2.49. The van der Waals surface area contributed by atoms with E-state index in [4.69, 9.17) is 9.47 Å². The van der Waals surface area contributed by atoms with Gasteiger partial charge in [-0.2, -0.15) is 5.10 Å². The predicted octanol–water partition coefficient (Wildman–Crippen LogP) is 4.18. The summed E-state index contributed by atoms with van der Waals surface area (Å²) in [4.78, 5) is 13.1. The summed E-state index contributed by atoms with van der Waals surface area (Å²) in [6.45, 7) is 0. The summed E-state index contributed by atoms with van der Waals surface area (Å²) in [6.07, 6.45) is -0.619. The van der Waals surface area contributed by atoms with E-state index in [0.717, 1.165) is 5.69 Å². The van der Waals surface area contributed by atoms with Gasteiger partial charge < -0.3 is 14.2 Å². The highest BCUT2D eigenvalue weighted by molar-refractivity contribution is 14.2. The Morgan fingerprint density at radius 3 is 2.65 bits per heavy atom. The van der Waals surface area contributed by atoms with E-state index in [0.29, 0.717) is 14.9 Å². The Hall–Kier alpha value is -3.28. The minimum Gasteiger partial charge on any atom is -0.491 e. The lowest BCUT2D eigenvalue weighted by atomic mass is 10.2. The zero-order valence-electron chi connectivity index (χ0n) is 16.0. The van der Waals surface area contributed by atoms with Crippen LogP contribution >= 0.6 is 21.0 Å². The van der Waals surface area contributed by atoms with Gasteiger partial charge in [0.25, 0.3) is 0 Å². The zero-order valence-corrected chi connectivity index (χ0v) is 18.1. The molecule has 2 aliphatic rings. The van der Waals surface area contributed by atoms with Gasteiger partial charge in [-0.1, -0.05) is 24.3 Å². The molecule has 10 heteroatoms. The average Bonchev–Trinajstić information content (AvgIpc) is 3.37. The molecule has 3 aromatic rings. The van der Waals surface area contributed by atoms with Crippen LogP contribution in [0.4, 0.5) is 14.5 Å². The van der Waals surface area contributed by atoms with Crippen molar-refractivity contribution in [3.8, 4) is 17.2 Å². The number of allylic oxidation sites excluding steroid dienone is 1. The van der Waals surface area contributed by atoms with Crippen molar-refractivity contribution in [2.75, 3.05) is 10.2 Å². The Kier molecular flexibility index (Phi) is 4.73. The fourth-order valence-electron chi connectivity index (χ4n) is 3.21. The number of Topliss-reactive ketones (excluding diaryl/α,β-unsaturated/α-hetero) is 1. The van der Waals surface area contributed by atoms with Gasteiger partial charge in [0.05, 0.1) is 36.6 Å². The molecule has 0 aliphatic carbocycles. The molecule has 0 saturated carbocycles. The number of alkyl halides is 2. The topological polar surface area (TPSA) is 65.8 Å². The lowest BCUT2D eigenvalue weighted by Gasteiger charge is -2.23. The number of benzene rings is 2. The summed E-state index contributed by atoms with van der Waals surface area (Å²) >= 11 is -1.17. The second kappa shape index (κ2) is 7.45. The minimum absolute atomic E-state index is 0.0633. The predicted molar refractivity (Wildman–Crippen MR) is 117 cm³/mol. The molecule has 3 heterocycles. The van der Waals surface area contributed by atoms with Gasteiger partial charge in [-0.3, -0.25) is 7.91 Å². The maximum Gasteiger partial charge on any atom is 0.586 e. The number of methoxy groups -OCH3 is 1. The van der Waals surface area contributed by atoms with Crippen molar-refractivity contribution in [2.24, 2.45) is 0 Å². The molecule has 1 aromatic heterocycles. The van der Waals surface area contributed by atoms with E-state index >= 15 is 0 Å². The van der Waals surface area contributed by atoms with Gasteiger partial charge in [-0.05, 0) is 30.3 Å². The number of para-hydroxylation sites is 2. The van der Waals surface area contributed by atoms with Crippen LogP contribution in [0.5, 0.6) is 11.5 Å². The molecule has 158 valence electrons. The van der Waals surface area contributed by atoms with Gasteiger partial charge in [0.15, 0.2) is 17.3 Å². The van der Waals surface area contributed by atoms with Crippen LogP contribution in [0, 0.1) is 0 Å². The van der Waals surface area contributed by atoms with E-state index in [9.17, 15) is 13.6 Å². The van der Waals surface area contributed by atoms with E-state index in [2.05, 4.69) is 9.84 Å². The number of rotatable bonds is 4. The maximum absolute atomic E-state index is 13.7. The maximum atomic E-state index is 13.7. The standard InChI is InChI=1S/C21H14F2IN3O4/c1-29-17-12-26(15-8-5-9-16-20(15)31-21(22,23)30-16)24-18(19(17)28)14-10-11-25-27(14)13-6-3-2-4-7-13/h2-12H,1H3. The third-order valence-electron chi connectivity index (χ3n) is 4.56. The van der Waals surface area contributed by atoms with Crippen LogP contribution in [-0.2, 0) is 9.53 Å². The van der Waals surface area contributed by atoms with Crippen LogP contribution < -0.4 is 12.6 Å². The molecule has 0 saturated heterocycles. The van der Waals surface area contributed by atoms with Crippen molar-refractivity contribution in [1.29, 1.82) is 0 Å². The third-order valence-corrected chi connectivity index (χ3v) is 7.40. The Balaban J connectivity index is 1.63. The Bertz CT molecular complexity index is 1240. The molecular formula is C21H14F2IN3O4. The molecule has 0 amide bonds. The molecule has 2 aliphatic heterocycles. The summed E-state index contributed by atoms with van der Waals surface area (Å²) in [7, 11) is 1.39. The van der Waals surface area contributed by atoms with Crippen LogP contribution in [-0.4, -0.2) is 32.5 Å². The molecular weight excluding hydrogens is 523 g/mol. The largest absolute Gasteiger partial charge is 0.586 e. The van der Waals surface area contributed by atoms with Crippen LogP contribution in [0.2, 0.25) is 0 Å². The quantitative estimate of drug-likeness (QED) is 0.368. The SMILES string of the molecule is COC1=CN(c2cccc3c2OC(F)(F)O3)I=C(c2ccnn2-c2ccccc2)C1=O. The van der Waals surface area contributed by atoms with Crippen molar-refractivity contribution in [1.82, 2.24) is 9.78 Å². The number of hydrogen-bond acceptors (Lipinski definition) is 6. The zero-order chi connectivity index (χ0) is 21.6. The number of anilines is 1. The van der Waals surface area contributed by atoms with Gasteiger partial charge in [-0.25, -0.2) is 4.68 Å². The normalized spacial score (nSPS) is 17.0. The van der Waals surface area contributed by atoms with Crippen LogP contribution in [0.15, 0.2) is 72.8 Å². The number of aromatic nitrogens is 2. The number of carbonyl (C=O) groups excluding carboxylic acids is 1. The van der Waals surface area contributed by atoms with Gasteiger partial charge in [0.1, 0.15) is 3.51 Å². The molecule has 0 atom stereocenters. The summed E-state index contributed by atoms with van der Waals surface area (Å²) in [5, 5.41) is 4.36. The first-order valence-electron chi connectivity index (χ1n) is 9.07. The monoisotopic (exact) mass is 537 g/mol. The molecule has 0 unspecified atom stereocenters. The van der Waals surface area contributed by atoms with Crippen LogP contribution in [0.25, 0.3) is 5.69 Å². The molecule has 5 rings (SSSR count). The number of halogens is 3. The Morgan fingerprint density at radius 2 is 1.87 bits per heavy atom. The van der Waals surface area contributed by atoms with Gasteiger partial charge in [0.2, 0.25) is 5.78 Å². The molecule has 31 heavy (non-hydrogen) atoms. The first kappa shape index (κ1) is 19.7. The fraction of sp³-hybridized carbons (Fsp3) is 0.0952. The smallest absolute Gasteiger partial charge is 0.491 e. The number of hydrogen-bond donors (Lipinski definition) is 0. The Labute approximate surface area is 185 Å². The minimum atomic E-state index is -3.74. The third kappa shape index (κ3) is 3.46. The Morgan fingerprint density at radius 1 is 1.06 bits per heavy atom. The first-order valence-corrected chi connectivity index (χ1v) is 11.1. The van der Waals surface area contributed by atoms with Crippen LogP contribution in [0.1, 0.15) is 5.69 Å². The van der Waals surface area contributed by atoms with Crippen LogP contribution in [0.3, 0.4) is 0 Å². The second-order valence-electron chi connectivity index (χ2n) is 6.47. The molecule has 0 spiro atoms. The van der Waals surface area contributed by atoms with E-state index in [1.807, 2.05) is 30.3 Å². The summed E-state index contributed by atoms with van der Waals surface area (Å²) in [6, 6.07) is 15.8. The molecule has 2 aromatic carbocycles. The van der Waals surface area contributed by atoms with Crippen molar-refractivity contribution < 1.29 is 27.8 Å². The lowest BCUT2D eigenvalue weighted by Crippen LogP contribution is -2.27. The average molecular weight is 537 g/mol. The molecule has 0 N–H and O–H groups in total. The number of carbonyl (C=O) groups is 1. The molecule has 0 bridgehead atoms. The van der Waals surface area contributed by atoms with E-state index in [-0.39, 0.29) is 23.0 Å².